The number of hydrogen-bond donors (Lipinski definition) is 0. The molecule has 32 heavy (non-hydrogen) atoms. The van der Waals surface area contributed by atoms with E-state index in [0.717, 1.165) is 42.4 Å². The van der Waals surface area contributed by atoms with E-state index in [1.807, 2.05) is 37.8 Å². The predicted molar refractivity (Wildman–Crippen MR) is 135 cm³/mol. The molecular formula is C27H33N3OS. The van der Waals surface area contributed by atoms with Crippen LogP contribution in [-0.2, 0) is 11.3 Å². The smallest absolute Gasteiger partial charge is 0.232 e. The van der Waals surface area contributed by atoms with Gasteiger partial charge in [0.2, 0.25) is 5.91 Å². The standard InChI is InChI=1S/C27H33N3OS/c1-20-10-12-24(13-11-20)30(25(31)27(2,3)4)18-23-19-32-26(28-23)29-16-14-22(15-17-29)21-8-6-5-7-9-21/h5-13,19,22H,14-18H2,1-4H3. The Bertz CT molecular complexity index is 1030. The van der Waals surface area contributed by atoms with Gasteiger partial charge in [0.25, 0.3) is 0 Å². The molecule has 1 aliphatic heterocycles. The van der Waals surface area contributed by atoms with Crippen molar-refractivity contribution in [3.8, 4) is 0 Å². The fourth-order valence-corrected chi connectivity index (χ4v) is 5.09. The summed E-state index contributed by atoms with van der Waals surface area (Å²) < 4.78 is 0. The van der Waals surface area contributed by atoms with Gasteiger partial charge in [0, 0.05) is 29.6 Å². The zero-order valence-electron chi connectivity index (χ0n) is 19.5. The molecule has 4 rings (SSSR count). The highest BCUT2D eigenvalue weighted by atomic mass is 32.1. The Morgan fingerprint density at radius 3 is 2.34 bits per heavy atom. The summed E-state index contributed by atoms with van der Waals surface area (Å²) in [7, 11) is 0. The van der Waals surface area contributed by atoms with Gasteiger partial charge in [-0.2, -0.15) is 0 Å². The second-order valence-corrected chi connectivity index (χ2v) is 10.6. The quantitative estimate of drug-likeness (QED) is 0.453. The molecule has 1 fully saturated rings. The lowest BCUT2D eigenvalue weighted by Gasteiger charge is -2.32. The lowest BCUT2D eigenvalue weighted by Crippen LogP contribution is -2.39. The van der Waals surface area contributed by atoms with Gasteiger partial charge in [-0.05, 0) is 43.4 Å². The predicted octanol–water partition coefficient (Wildman–Crippen LogP) is 6.41. The van der Waals surface area contributed by atoms with Gasteiger partial charge in [0.1, 0.15) is 0 Å². The Balaban J connectivity index is 1.46. The van der Waals surface area contributed by atoms with E-state index >= 15 is 0 Å². The molecule has 168 valence electrons. The Kier molecular flexibility index (Phi) is 6.66. The molecule has 2 heterocycles. The summed E-state index contributed by atoms with van der Waals surface area (Å²) in [6.45, 7) is 10.5. The summed E-state index contributed by atoms with van der Waals surface area (Å²) in [6, 6.07) is 19.0. The summed E-state index contributed by atoms with van der Waals surface area (Å²) in [5.74, 6) is 0.743. The molecule has 0 spiro atoms. The molecule has 3 aromatic rings. The van der Waals surface area contributed by atoms with Crippen LogP contribution in [0.5, 0.6) is 0 Å². The Morgan fingerprint density at radius 2 is 1.72 bits per heavy atom. The van der Waals surface area contributed by atoms with Crippen LogP contribution in [0.4, 0.5) is 10.8 Å². The maximum Gasteiger partial charge on any atom is 0.232 e. The molecule has 0 atom stereocenters. The molecule has 1 amide bonds. The fourth-order valence-electron chi connectivity index (χ4n) is 4.22. The lowest BCUT2D eigenvalue weighted by atomic mass is 9.90. The Morgan fingerprint density at radius 1 is 1.06 bits per heavy atom. The number of amides is 1. The molecule has 0 N–H and O–H groups in total. The fraction of sp³-hybridized carbons (Fsp3) is 0.407. The van der Waals surface area contributed by atoms with Gasteiger partial charge in [-0.3, -0.25) is 4.79 Å². The SMILES string of the molecule is Cc1ccc(N(Cc2csc(N3CCC(c4ccccc4)CC3)n2)C(=O)C(C)(C)C)cc1. The van der Waals surface area contributed by atoms with Crippen molar-refractivity contribution < 1.29 is 4.79 Å². The normalized spacial score (nSPS) is 15.1. The third-order valence-corrected chi connectivity index (χ3v) is 7.08. The number of aromatic nitrogens is 1. The number of carbonyl (C=O) groups excluding carboxylic acids is 1. The van der Waals surface area contributed by atoms with Crippen molar-refractivity contribution in [2.75, 3.05) is 22.9 Å². The first-order valence-corrected chi connectivity index (χ1v) is 12.3. The van der Waals surface area contributed by atoms with Gasteiger partial charge >= 0.3 is 0 Å². The van der Waals surface area contributed by atoms with Gasteiger partial charge in [0.15, 0.2) is 5.13 Å². The van der Waals surface area contributed by atoms with Crippen molar-refractivity contribution in [1.82, 2.24) is 4.98 Å². The molecule has 4 nitrogen and oxygen atoms in total. The zero-order chi connectivity index (χ0) is 22.7. The average Bonchev–Trinajstić information content (AvgIpc) is 3.26. The van der Waals surface area contributed by atoms with Crippen molar-refractivity contribution in [1.29, 1.82) is 0 Å². The van der Waals surface area contributed by atoms with Crippen LogP contribution in [0.3, 0.4) is 0 Å². The number of anilines is 2. The number of aryl methyl sites for hydroxylation is 1. The molecule has 5 heteroatoms. The van der Waals surface area contributed by atoms with Crippen LogP contribution in [0.25, 0.3) is 0 Å². The first kappa shape index (κ1) is 22.5. The number of nitrogens with zero attached hydrogens (tertiary/aromatic N) is 3. The average molecular weight is 448 g/mol. The largest absolute Gasteiger partial charge is 0.348 e. The molecule has 0 saturated carbocycles. The number of benzene rings is 2. The van der Waals surface area contributed by atoms with E-state index in [-0.39, 0.29) is 5.91 Å². The summed E-state index contributed by atoms with van der Waals surface area (Å²) >= 11 is 1.69. The molecule has 0 bridgehead atoms. The maximum atomic E-state index is 13.2. The van der Waals surface area contributed by atoms with Crippen LogP contribution in [0.2, 0.25) is 0 Å². The topological polar surface area (TPSA) is 36.4 Å². The minimum Gasteiger partial charge on any atom is -0.348 e. The highest BCUT2D eigenvalue weighted by molar-refractivity contribution is 7.13. The van der Waals surface area contributed by atoms with E-state index in [9.17, 15) is 4.79 Å². The van der Waals surface area contributed by atoms with Crippen molar-refractivity contribution in [3.63, 3.8) is 0 Å². The van der Waals surface area contributed by atoms with Gasteiger partial charge in [-0.1, -0.05) is 68.8 Å². The number of thiazole rings is 1. The van der Waals surface area contributed by atoms with E-state index < -0.39 is 5.41 Å². The van der Waals surface area contributed by atoms with E-state index in [4.69, 9.17) is 4.98 Å². The molecule has 2 aromatic carbocycles. The van der Waals surface area contributed by atoms with Crippen molar-refractivity contribution in [3.05, 3.63) is 76.8 Å². The van der Waals surface area contributed by atoms with Gasteiger partial charge in [0.05, 0.1) is 12.2 Å². The minimum absolute atomic E-state index is 0.111. The van der Waals surface area contributed by atoms with Crippen LogP contribution < -0.4 is 9.80 Å². The molecular weight excluding hydrogens is 414 g/mol. The molecule has 0 radical (unpaired) electrons. The minimum atomic E-state index is -0.455. The van der Waals surface area contributed by atoms with Crippen molar-refractivity contribution in [2.45, 2.75) is 53.0 Å². The van der Waals surface area contributed by atoms with Crippen molar-refractivity contribution in [2.24, 2.45) is 5.41 Å². The van der Waals surface area contributed by atoms with Crippen LogP contribution >= 0.6 is 11.3 Å². The van der Waals surface area contributed by atoms with Gasteiger partial charge in [-0.25, -0.2) is 4.98 Å². The number of carbonyl (C=O) groups is 1. The van der Waals surface area contributed by atoms with Crippen LogP contribution in [0, 0.1) is 12.3 Å². The molecule has 1 aliphatic rings. The van der Waals surface area contributed by atoms with E-state index in [1.165, 1.54) is 11.1 Å². The van der Waals surface area contributed by atoms with Gasteiger partial charge < -0.3 is 9.80 Å². The molecule has 0 unspecified atom stereocenters. The summed E-state index contributed by atoms with van der Waals surface area (Å²) in [5, 5.41) is 3.18. The second-order valence-electron chi connectivity index (χ2n) is 9.77. The van der Waals surface area contributed by atoms with Crippen molar-refractivity contribution >= 4 is 28.1 Å². The Labute approximate surface area is 195 Å². The Hall–Kier alpha value is -2.66. The summed E-state index contributed by atoms with van der Waals surface area (Å²) in [5.41, 5.74) is 4.05. The van der Waals surface area contributed by atoms with E-state index in [0.29, 0.717) is 12.5 Å². The number of rotatable bonds is 5. The van der Waals surface area contributed by atoms with Crippen LogP contribution in [0.15, 0.2) is 60.0 Å². The number of hydrogen-bond acceptors (Lipinski definition) is 4. The van der Waals surface area contributed by atoms with E-state index in [1.54, 1.807) is 11.3 Å². The highest BCUT2D eigenvalue weighted by Crippen LogP contribution is 2.32. The van der Waals surface area contributed by atoms with E-state index in [2.05, 4.69) is 59.7 Å². The first-order valence-electron chi connectivity index (χ1n) is 11.4. The highest BCUT2D eigenvalue weighted by Gasteiger charge is 2.29. The second kappa shape index (κ2) is 9.45. The van der Waals surface area contributed by atoms with Crippen LogP contribution in [0.1, 0.15) is 56.4 Å². The molecule has 1 aromatic heterocycles. The number of piperidine rings is 1. The summed E-state index contributed by atoms with van der Waals surface area (Å²) in [4.78, 5) is 22.4. The molecule has 1 saturated heterocycles. The maximum absolute atomic E-state index is 13.2. The zero-order valence-corrected chi connectivity index (χ0v) is 20.4. The summed E-state index contributed by atoms with van der Waals surface area (Å²) in [6.07, 6.45) is 2.30. The monoisotopic (exact) mass is 447 g/mol. The van der Waals surface area contributed by atoms with Crippen LogP contribution in [-0.4, -0.2) is 24.0 Å². The first-order chi connectivity index (χ1) is 15.3. The van der Waals surface area contributed by atoms with Gasteiger partial charge in [-0.15, -0.1) is 11.3 Å². The molecule has 0 aliphatic carbocycles. The third-order valence-electron chi connectivity index (χ3n) is 6.13. The lowest BCUT2D eigenvalue weighted by molar-refractivity contribution is -0.125. The third kappa shape index (κ3) is 5.21.